The molecule has 0 radical (unpaired) electrons. The number of nitrogens with zero attached hydrogens (tertiary/aromatic N) is 4. The van der Waals surface area contributed by atoms with Crippen molar-refractivity contribution in [1.82, 2.24) is 25.7 Å². The molecule has 0 spiro atoms. The number of hydrogen-bond donors (Lipinski definition) is 6. The quantitative estimate of drug-likeness (QED) is 0.246. The van der Waals surface area contributed by atoms with Crippen molar-refractivity contribution in [3.05, 3.63) is 36.3 Å². The lowest BCUT2D eigenvalue weighted by Gasteiger charge is -2.18. The third-order valence-electron chi connectivity index (χ3n) is 4.57. The summed E-state index contributed by atoms with van der Waals surface area (Å²) < 4.78 is 10.6. The van der Waals surface area contributed by atoms with Gasteiger partial charge >= 0.3 is 6.10 Å². The second-order valence-electron chi connectivity index (χ2n) is 7.10. The van der Waals surface area contributed by atoms with E-state index in [2.05, 4.69) is 31.0 Å². The van der Waals surface area contributed by atoms with Crippen molar-refractivity contribution in [3.8, 4) is 17.2 Å². The molecule has 33 heavy (non-hydrogen) atoms. The van der Waals surface area contributed by atoms with Gasteiger partial charge in [0.25, 0.3) is 11.8 Å². The molecule has 172 valence electrons. The van der Waals surface area contributed by atoms with Gasteiger partial charge in [-0.2, -0.15) is 4.98 Å². The molecule has 4 rings (SSSR count). The summed E-state index contributed by atoms with van der Waals surface area (Å²) >= 11 is 0. The molecule has 0 bridgehead atoms. The number of carbonyl (C=O) groups is 2. The first-order valence-corrected chi connectivity index (χ1v) is 9.64. The van der Waals surface area contributed by atoms with E-state index in [0.717, 1.165) is 12.8 Å². The standard InChI is InChI=1S/C19H19N7O7/c1-32-15-10(18-20-8-21-33-18)3-2-4-11(15)22-12-7-13(23-16(27)9-5-6-9)25-26-14(12)17(28)24-19(29,30)31/h2-4,7-9,29-31H,5-6H2,1H3,(H,24,28)(H2,22,23,25,27). The zero-order valence-electron chi connectivity index (χ0n) is 17.1. The highest BCUT2D eigenvalue weighted by molar-refractivity contribution is 6.00. The second-order valence-corrected chi connectivity index (χ2v) is 7.10. The maximum Gasteiger partial charge on any atom is 0.369 e. The number of aliphatic hydroxyl groups is 3. The zero-order chi connectivity index (χ0) is 23.6. The number of hydrogen-bond acceptors (Lipinski definition) is 12. The maximum atomic E-state index is 12.4. The van der Waals surface area contributed by atoms with Crippen LogP contribution in [0.5, 0.6) is 5.75 Å². The summed E-state index contributed by atoms with van der Waals surface area (Å²) in [5.74, 6) is -0.968. The highest BCUT2D eigenvalue weighted by Gasteiger charge is 2.31. The molecule has 3 aromatic rings. The Balaban J connectivity index is 1.72. The summed E-state index contributed by atoms with van der Waals surface area (Å²) in [6, 6.07) is 6.29. The van der Waals surface area contributed by atoms with Gasteiger partial charge in [-0.25, -0.2) is 0 Å². The number of nitrogens with one attached hydrogen (secondary N) is 3. The van der Waals surface area contributed by atoms with E-state index in [4.69, 9.17) is 24.6 Å². The Morgan fingerprint density at radius 1 is 1.18 bits per heavy atom. The molecule has 0 aliphatic heterocycles. The molecule has 1 aliphatic rings. The van der Waals surface area contributed by atoms with Gasteiger partial charge < -0.3 is 35.2 Å². The molecule has 2 heterocycles. The lowest BCUT2D eigenvalue weighted by molar-refractivity contribution is -0.323. The summed E-state index contributed by atoms with van der Waals surface area (Å²) in [6.45, 7) is 0. The van der Waals surface area contributed by atoms with Gasteiger partial charge in [-0.3, -0.25) is 14.9 Å². The predicted octanol–water partition coefficient (Wildman–Crippen LogP) is -0.0547. The van der Waals surface area contributed by atoms with Gasteiger partial charge in [0.2, 0.25) is 5.91 Å². The van der Waals surface area contributed by atoms with Crippen molar-refractivity contribution in [1.29, 1.82) is 0 Å². The van der Waals surface area contributed by atoms with E-state index in [9.17, 15) is 9.59 Å². The lowest BCUT2D eigenvalue weighted by Crippen LogP contribution is -2.48. The Hall–Kier alpha value is -4.14. The Morgan fingerprint density at radius 2 is 1.97 bits per heavy atom. The van der Waals surface area contributed by atoms with E-state index in [1.54, 1.807) is 23.5 Å². The van der Waals surface area contributed by atoms with Crippen LogP contribution in [0.25, 0.3) is 11.5 Å². The van der Waals surface area contributed by atoms with Crippen LogP contribution >= 0.6 is 0 Å². The predicted molar refractivity (Wildman–Crippen MR) is 110 cm³/mol. The van der Waals surface area contributed by atoms with E-state index in [1.165, 1.54) is 19.5 Å². The molecule has 0 saturated heterocycles. The fraction of sp³-hybridized carbons (Fsp3) is 0.263. The first-order valence-electron chi connectivity index (χ1n) is 9.64. The molecule has 1 aliphatic carbocycles. The molecule has 0 atom stereocenters. The fourth-order valence-electron chi connectivity index (χ4n) is 2.96. The van der Waals surface area contributed by atoms with Crippen LogP contribution in [0.3, 0.4) is 0 Å². The van der Waals surface area contributed by atoms with E-state index in [1.807, 2.05) is 0 Å². The SMILES string of the molecule is COc1c(Nc2cc(NC(=O)C3CC3)nnc2C(=O)NC(O)(O)O)cccc1-c1ncno1. The minimum Gasteiger partial charge on any atom is -0.494 e. The minimum atomic E-state index is -3.48. The molecule has 6 N–H and O–H groups in total. The monoisotopic (exact) mass is 457 g/mol. The van der Waals surface area contributed by atoms with Gasteiger partial charge in [-0.15, -0.1) is 10.2 Å². The van der Waals surface area contributed by atoms with Crippen LogP contribution in [0.2, 0.25) is 0 Å². The number of methoxy groups -OCH3 is 1. The molecule has 1 saturated carbocycles. The normalized spacial score (nSPS) is 13.3. The smallest absolute Gasteiger partial charge is 0.369 e. The zero-order valence-corrected chi connectivity index (χ0v) is 17.1. The van der Waals surface area contributed by atoms with Crippen LogP contribution in [0, 0.1) is 5.92 Å². The molecule has 2 aromatic heterocycles. The minimum absolute atomic E-state index is 0.0128. The first-order chi connectivity index (χ1) is 15.7. The van der Waals surface area contributed by atoms with Gasteiger partial charge in [0.1, 0.15) is 0 Å². The van der Waals surface area contributed by atoms with E-state index >= 15 is 0 Å². The number of anilines is 3. The average molecular weight is 457 g/mol. The first kappa shape index (κ1) is 22.1. The lowest BCUT2D eigenvalue weighted by atomic mass is 10.1. The van der Waals surface area contributed by atoms with Crippen LogP contribution in [-0.4, -0.2) is 60.7 Å². The number of rotatable bonds is 8. The van der Waals surface area contributed by atoms with Crippen molar-refractivity contribution >= 4 is 29.0 Å². The maximum absolute atomic E-state index is 12.4. The Labute approximate surface area is 185 Å². The van der Waals surface area contributed by atoms with Gasteiger partial charge in [0.05, 0.1) is 24.0 Å². The summed E-state index contributed by atoms with van der Waals surface area (Å²) in [6.07, 6.45) is -0.708. The molecular formula is C19H19N7O7. The molecular weight excluding hydrogens is 438 g/mol. The van der Waals surface area contributed by atoms with E-state index < -0.39 is 17.7 Å². The van der Waals surface area contributed by atoms with Crippen LogP contribution in [0.1, 0.15) is 23.3 Å². The van der Waals surface area contributed by atoms with Crippen molar-refractivity contribution < 1.29 is 34.2 Å². The van der Waals surface area contributed by atoms with E-state index in [-0.39, 0.29) is 35.0 Å². The number of benzene rings is 1. The third-order valence-corrected chi connectivity index (χ3v) is 4.57. The molecule has 14 heteroatoms. The summed E-state index contributed by atoms with van der Waals surface area (Å²) in [5, 5.41) is 45.5. The van der Waals surface area contributed by atoms with Crippen molar-refractivity contribution in [2.45, 2.75) is 18.9 Å². The molecule has 0 unspecified atom stereocenters. The third kappa shape index (κ3) is 5.20. The Bertz CT molecular complexity index is 1170. The number of aromatic nitrogens is 4. The van der Waals surface area contributed by atoms with Gasteiger partial charge in [-0.1, -0.05) is 11.2 Å². The van der Waals surface area contributed by atoms with Crippen molar-refractivity contribution in [3.63, 3.8) is 0 Å². The average Bonchev–Trinajstić information content (AvgIpc) is 3.47. The summed E-state index contributed by atoms with van der Waals surface area (Å²) in [5.41, 5.74) is 0.401. The van der Waals surface area contributed by atoms with Crippen LogP contribution in [0.15, 0.2) is 35.1 Å². The molecule has 1 fully saturated rings. The van der Waals surface area contributed by atoms with Crippen molar-refractivity contribution in [2.75, 3.05) is 17.7 Å². The van der Waals surface area contributed by atoms with Gasteiger partial charge in [-0.05, 0) is 25.0 Å². The van der Waals surface area contributed by atoms with Gasteiger partial charge in [0, 0.05) is 12.0 Å². The molecule has 2 amide bonds. The van der Waals surface area contributed by atoms with Crippen molar-refractivity contribution in [2.24, 2.45) is 5.92 Å². The fourth-order valence-corrected chi connectivity index (χ4v) is 2.96. The van der Waals surface area contributed by atoms with Crippen LogP contribution in [-0.2, 0) is 4.79 Å². The van der Waals surface area contributed by atoms with Crippen LogP contribution in [0.4, 0.5) is 17.2 Å². The second kappa shape index (κ2) is 8.78. The largest absolute Gasteiger partial charge is 0.494 e. The van der Waals surface area contributed by atoms with Gasteiger partial charge in [0.15, 0.2) is 23.6 Å². The number of para-hydroxylation sites is 1. The highest BCUT2D eigenvalue weighted by atomic mass is 16.7. The van der Waals surface area contributed by atoms with E-state index in [0.29, 0.717) is 11.3 Å². The Kier molecular flexibility index (Phi) is 5.87. The number of ether oxygens (including phenoxy) is 1. The molecule has 1 aromatic carbocycles. The van der Waals surface area contributed by atoms with Crippen LogP contribution < -0.4 is 20.7 Å². The number of amides is 2. The topological polar surface area (TPSA) is 205 Å². The summed E-state index contributed by atoms with van der Waals surface area (Å²) in [4.78, 5) is 28.5. The number of carbonyl (C=O) groups excluding carboxylic acids is 2. The Morgan fingerprint density at radius 3 is 2.61 bits per heavy atom. The highest BCUT2D eigenvalue weighted by Crippen LogP contribution is 2.37. The molecule has 14 nitrogen and oxygen atoms in total. The summed E-state index contributed by atoms with van der Waals surface area (Å²) in [7, 11) is 1.41.